The van der Waals surface area contributed by atoms with Crippen molar-refractivity contribution in [1.29, 1.82) is 0 Å². The molecule has 0 bridgehead atoms. The molecule has 0 aliphatic heterocycles. The van der Waals surface area contributed by atoms with Gasteiger partial charge >= 0.3 is 0 Å². The molecule has 0 amide bonds. The average Bonchev–Trinajstić information content (AvgIpc) is 2.45. The maximum atomic E-state index is 11.7. The number of anilines is 1. The van der Waals surface area contributed by atoms with Crippen LogP contribution in [0.1, 0.15) is 23.8 Å². The van der Waals surface area contributed by atoms with E-state index in [4.69, 9.17) is 5.73 Å². The molecule has 0 radical (unpaired) electrons. The van der Waals surface area contributed by atoms with Gasteiger partial charge in [0.15, 0.2) is 0 Å². The summed E-state index contributed by atoms with van der Waals surface area (Å²) >= 11 is 0. The van der Waals surface area contributed by atoms with E-state index < -0.39 is 0 Å². The molecule has 0 aliphatic carbocycles. The number of nitrogens with two attached hydrogens (primary N) is 1. The number of carbonyl (C=O) groups excluding carboxylic acids is 1. The van der Waals surface area contributed by atoms with Crippen LogP contribution in [0.4, 0.5) is 5.82 Å². The van der Waals surface area contributed by atoms with Gasteiger partial charge in [-0.15, -0.1) is 5.10 Å². The quantitative estimate of drug-likeness (QED) is 0.734. The molecule has 0 saturated carbocycles. The number of rotatable bonds is 3. The molecule has 14 heavy (non-hydrogen) atoms. The molecule has 3 N–H and O–H groups in total. The van der Waals surface area contributed by atoms with Crippen molar-refractivity contribution >= 4 is 11.7 Å². The first-order valence-corrected chi connectivity index (χ1v) is 4.57. The summed E-state index contributed by atoms with van der Waals surface area (Å²) in [5.74, 6) is 0.342. The Morgan fingerprint density at radius 2 is 2.43 bits per heavy atom. The zero-order chi connectivity index (χ0) is 10.7. The van der Waals surface area contributed by atoms with Gasteiger partial charge in [0.05, 0.1) is 0 Å². The summed E-state index contributed by atoms with van der Waals surface area (Å²) in [5.41, 5.74) is 6.25. The molecule has 1 unspecified atom stereocenters. The van der Waals surface area contributed by atoms with Crippen LogP contribution in [0.2, 0.25) is 0 Å². The molecule has 78 valence electrons. The Morgan fingerprint density at radius 3 is 2.86 bits per heavy atom. The zero-order valence-corrected chi connectivity index (χ0v) is 8.74. The largest absolute Gasteiger partial charge is 0.382 e. The number of aryl methyl sites for hydroxylation is 1. The fourth-order valence-electron chi connectivity index (χ4n) is 1.20. The third-order valence-electron chi connectivity index (χ3n) is 2.12. The Morgan fingerprint density at radius 1 is 1.79 bits per heavy atom. The molecule has 5 nitrogen and oxygen atoms in total. The highest BCUT2D eigenvalue weighted by Gasteiger charge is 2.12. The summed E-state index contributed by atoms with van der Waals surface area (Å²) in [4.78, 5) is 11.7. The topological polar surface area (TPSA) is 72.9 Å². The SMILES string of the molecule is CNC(C)CC(=O)n1nc(N)cc1C. The predicted molar refractivity (Wildman–Crippen MR) is 55.1 cm³/mol. The van der Waals surface area contributed by atoms with Crippen LogP contribution in [-0.4, -0.2) is 28.8 Å². The van der Waals surface area contributed by atoms with E-state index in [1.54, 1.807) is 6.07 Å². The number of aromatic nitrogens is 2. The summed E-state index contributed by atoms with van der Waals surface area (Å²) in [5, 5.41) is 6.91. The van der Waals surface area contributed by atoms with Crippen molar-refractivity contribution in [2.24, 2.45) is 0 Å². The van der Waals surface area contributed by atoms with E-state index in [1.165, 1.54) is 4.68 Å². The molecule has 1 rings (SSSR count). The molecule has 0 fully saturated rings. The highest BCUT2D eigenvalue weighted by molar-refractivity contribution is 5.79. The summed E-state index contributed by atoms with van der Waals surface area (Å²) in [6.07, 6.45) is 0.415. The molecule has 0 saturated heterocycles. The predicted octanol–water partition coefficient (Wildman–Crippen LogP) is 0.412. The van der Waals surface area contributed by atoms with Gasteiger partial charge in [0.25, 0.3) is 0 Å². The molecule has 1 heterocycles. The molecule has 0 spiro atoms. The van der Waals surface area contributed by atoms with Gasteiger partial charge in [-0.3, -0.25) is 4.79 Å². The first kappa shape index (κ1) is 10.7. The van der Waals surface area contributed by atoms with Crippen LogP contribution in [0.15, 0.2) is 6.07 Å². The summed E-state index contributed by atoms with van der Waals surface area (Å²) in [7, 11) is 1.82. The van der Waals surface area contributed by atoms with Crippen LogP contribution in [0.5, 0.6) is 0 Å². The molecule has 5 heteroatoms. The van der Waals surface area contributed by atoms with Crippen LogP contribution < -0.4 is 11.1 Å². The first-order valence-electron chi connectivity index (χ1n) is 4.57. The van der Waals surface area contributed by atoms with E-state index in [2.05, 4.69) is 10.4 Å². The van der Waals surface area contributed by atoms with Gasteiger partial charge in [0, 0.05) is 24.2 Å². The second-order valence-corrected chi connectivity index (χ2v) is 3.41. The third kappa shape index (κ3) is 2.32. The smallest absolute Gasteiger partial charge is 0.248 e. The molecule has 0 aliphatic rings. The van der Waals surface area contributed by atoms with Crippen molar-refractivity contribution in [3.8, 4) is 0 Å². The van der Waals surface area contributed by atoms with E-state index in [-0.39, 0.29) is 11.9 Å². The van der Waals surface area contributed by atoms with Gasteiger partial charge in [-0.25, -0.2) is 4.68 Å². The minimum absolute atomic E-state index is 0.0407. The van der Waals surface area contributed by atoms with Gasteiger partial charge < -0.3 is 11.1 Å². The van der Waals surface area contributed by atoms with Crippen molar-refractivity contribution in [3.05, 3.63) is 11.8 Å². The highest BCUT2D eigenvalue weighted by atomic mass is 16.2. The monoisotopic (exact) mass is 196 g/mol. The first-order chi connectivity index (χ1) is 6.54. The summed E-state index contributed by atoms with van der Waals surface area (Å²) in [6, 6.07) is 1.83. The lowest BCUT2D eigenvalue weighted by molar-refractivity contribution is 0.0874. The Hall–Kier alpha value is -1.36. The molecule has 1 aromatic heterocycles. The fourth-order valence-corrected chi connectivity index (χ4v) is 1.20. The number of nitrogens with one attached hydrogen (secondary N) is 1. The summed E-state index contributed by atoms with van der Waals surface area (Å²) < 4.78 is 1.35. The lowest BCUT2D eigenvalue weighted by Crippen LogP contribution is -2.27. The number of nitrogen functional groups attached to an aromatic ring is 1. The minimum atomic E-state index is -0.0407. The Kier molecular flexibility index (Phi) is 3.24. The van der Waals surface area contributed by atoms with Crippen molar-refractivity contribution in [1.82, 2.24) is 15.1 Å². The Bertz CT molecular complexity index is 332. The third-order valence-corrected chi connectivity index (χ3v) is 2.12. The van der Waals surface area contributed by atoms with Crippen LogP contribution >= 0.6 is 0 Å². The Labute approximate surface area is 83.3 Å². The van der Waals surface area contributed by atoms with Crippen LogP contribution in [0.25, 0.3) is 0 Å². The minimum Gasteiger partial charge on any atom is -0.382 e. The van der Waals surface area contributed by atoms with Crippen molar-refractivity contribution in [2.45, 2.75) is 26.3 Å². The molecular weight excluding hydrogens is 180 g/mol. The van der Waals surface area contributed by atoms with Gasteiger partial charge in [-0.2, -0.15) is 0 Å². The average molecular weight is 196 g/mol. The van der Waals surface area contributed by atoms with Crippen LogP contribution in [-0.2, 0) is 0 Å². The number of nitrogens with zero attached hydrogens (tertiary/aromatic N) is 2. The second-order valence-electron chi connectivity index (χ2n) is 3.41. The molecular formula is C9H16N4O. The number of hydrogen-bond donors (Lipinski definition) is 2. The number of carbonyl (C=O) groups is 1. The summed E-state index contributed by atoms with van der Waals surface area (Å²) in [6.45, 7) is 3.76. The fraction of sp³-hybridized carbons (Fsp3) is 0.556. The van der Waals surface area contributed by atoms with E-state index >= 15 is 0 Å². The molecule has 0 aromatic carbocycles. The normalized spacial score (nSPS) is 12.8. The van der Waals surface area contributed by atoms with E-state index in [9.17, 15) is 4.79 Å². The van der Waals surface area contributed by atoms with Crippen molar-refractivity contribution < 1.29 is 4.79 Å². The second kappa shape index (κ2) is 4.23. The van der Waals surface area contributed by atoms with Crippen LogP contribution in [0, 0.1) is 6.92 Å². The van der Waals surface area contributed by atoms with E-state index in [1.807, 2.05) is 20.9 Å². The van der Waals surface area contributed by atoms with Gasteiger partial charge in [-0.05, 0) is 20.9 Å². The number of hydrogen-bond acceptors (Lipinski definition) is 4. The standard InChI is InChI=1S/C9H16N4O/c1-6(11-3)4-9(14)13-7(2)5-8(10)12-13/h5-6,11H,4H2,1-3H3,(H2,10,12). The van der Waals surface area contributed by atoms with Crippen molar-refractivity contribution in [3.63, 3.8) is 0 Å². The molecule has 1 atom stereocenters. The van der Waals surface area contributed by atoms with E-state index in [0.717, 1.165) is 5.69 Å². The van der Waals surface area contributed by atoms with Gasteiger partial charge in [0.1, 0.15) is 5.82 Å². The zero-order valence-electron chi connectivity index (χ0n) is 8.74. The molecule has 1 aromatic rings. The van der Waals surface area contributed by atoms with Gasteiger partial charge in [0.2, 0.25) is 5.91 Å². The lowest BCUT2D eigenvalue weighted by Gasteiger charge is -2.09. The van der Waals surface area contributed by atoms with Crippen molar-refractivity contribution in [2.75, 3.05) is 12.8 Å². The maximum absolute atomic E-state index is 11.7. The lowest BCUT2D eigenvalue weighted by atomic mass is 10.2. The van der Waals surface area contributed by atoms with Crippen LogP contribution in [0.3, 0.4) is 0 Å². The highest BCUT2D eigenvalue weighted by Crippen LogP contribution is 2.06. The maximum Gasteiger partial charge on any atom is 0.248 e. The Balaban J connectivity index is 2.74. The van der Waals surface area contributed by atoms with Gasteiger partial charge in [-0.1, -0.05) is 0 Å². The van der Waals surface area contributed by atoms with E-state index in [0.29, 0.717) is 12.2 Å².